The maximum absolute atomic E-state index is 10.9. The highest BCUT2D eigenvalue weighted by atomic mass is 16.3. The summed E-state index contributed by atoms with van der Waals surface area (Å²) in [6, 6.07) is 1.12. The van der Waals surface area contributed by atoms with Crippen LogP contribution in [0.2, 0.25) is 0 Å². The van der Waals surface area contributed by atoms with Crippen LogP contribution in [-0.4, -0.2) is 20.1 Å². The zero-order valence-electron chi connectivity index (χ0n) is 6.87. The third-order valence-corrected chi connectivity index (χ3v) is 1.74. The highest BCUT2D eigenvalue weighted by Crippen LogP contribution is 2.21. The number of aromatic nitrogens is 3. The average molecular weight is 194 g/mol. The van der Waals surface area contributed by atoms with Gasteiger partial charge in [0, 0.05) is 6.07 Å². The lowest BCUT2D eigenvalue weighted by Crippen LogP contribution is -2.15. The lowest BCUT2D eigenvalue weighted by Gasteiger charge is -2.01. The van der Waals surface area contributed by atoms with Gasteiger partial charge in [0.1, 0.15) is 11.2 Å². The summed E-state index contributed by atoms with van der Waals surface area (Å²) in [6.07, 6.45) is 0. The minimum absolute atomic E-state index is 0.127. The number of anilines is 1. The fourth-order valence-corrected chi connectivity index (χ4v) is 1.21. The molecule has 0 aromatic carbocycles. The Balaban J connectivity index is 3.09. The van der Waals surface area contributed by atoms with Gasteiger partial charge in [-0.2, -0.15) is 4.98 Å². The van der Waals surface area contributed by atoms with Crippen molar-refractivity contribution in [2.24, 2.45) is 0 Å². The van der Waals surface area contributed by atoms with E-state index in [1.54, 1.807) is 0 Å². The summed E-state index contributed by atoms with van der Waals surface area (Å²) < 4.78 is 0. The van der Waals surface area contributed by atoms with E-state index in [0.29, 0.717) is 0 Å². The summed E-state index contributed by atoms with van der Waals surface area (Å²) in [4.78, 5) is 29.6. The first kappa shape index (κ1) is 8.30. The molecule has 14 heavy (non-hydrogen) atoms. The van der Waals surface area contributed by atoms with Crippen LogP contribution in [0.1, 0.15) is 0 Å². The first-order valence-corrected chi connectivity index (χ1v) is 3.70. The molecule has 0 fully saturated rings. The van der Waals surface area contributed by atoms with E-state index in [2.05, 4.69) is 15.0 Å². The molecule has 2 aromatic rings. The number of rotatable bonds is 0. The summed E-state index contributed by atoms with van der Waals surface area (Å²) in [5, 5.41) is 9.46. The number of fused-ring (bicyclic) bond motifs is 1. The predicted octanol–water partition coefficient (Wildman–Crippen LogP) is -1.10. The number of H-pyrrole nitrogens is 2. The molecule has 2 heterocycles. The number of nitrogens with two attached hydrogens (primary N) is 1. The van der Waals surface area contributed by atoms with Crippen LogP contribution in [0.4, 0.5) is 5.82 Å². The lowest BCUT2D eigenvalue weighted by molar-refractivity contribution is 0.458. The van der Waals surface area contributed by atoms with E-state index in [0.717, 1.165) is 6.07 Å². The van der Waals surface area contributed by atoms with Gasteiger partial charge in [0.25, 0.3) is 5.56 Å². The molecule has 0 amide bonds. The van der Waals surface area contributed by atoms with Crippen molar-refractivity contribution in [3.63, 3.8) is 0 Å². The second-order valence-electron chi connectivity index (χ2n) is 2.70. The molecule has 0 saturated carbocycles. The largest absolute Gasteiger partial charge is 0.494 e. The number of nitrogens with zero attached hydrogens (tertiary/aromatic N) is 1. The summed E-state index contributed by atoms with van der Waals surface area (Å²) >= 11 is 0. The smallest absolute Gasteiger partial charge is 0.347 e. The van der Waals surface area contributed by atoms with E-state index < -0.39 is 17.1 Å². The van der Waals surface area contributed by atoms with Crippen LogP contribution in [0.15, 0.2) is 15.7 Å². The Bertz CT molecular complexity index is 562. The number of nitrogens with one attached hydrogen (secondary N) is 2. The fraction of sp³-hybridized carbons (Fsp3) is 0. The molecule has 0 saturated heterocycles. The van der Waals surface area contributed by atoms with E-state index in [1.807, 2.05) is 0 Å². The van der Waals surface area contributed by atoms with E-state index in [9.17, 15) is 14.7 Å². The Morgan fingerprint density at radius 3 is 2.79 bits per heavy atom. The SMILES string of the molecule is Nc1nc(=O)[nH]c2cc(=O)[nH]c(O)c12. The third-order valence-electron chi connectivity index (χ3n) is 1.74. The molecular formula is C7H6N4O3. The van der Waals surface area contributed by atoms with Gasteiger partial charge in [0.2, 0.25) is 5.88 Å². The molecule has 0 unspecified atom stereocenters. The second-order valence-corrected chi connectivity index (χ2v) is 2.70. The maximum Gasteiger partial charge on any atom is 0.347 e. The van der Waals surface area contributed by atoms with Crippen LogP contribution in [0.5, 0.6) is 5.88 Å². The molecule has 2 aromatic heterocycles. The molecule has 0 radical (unpaired) electrons. The molecular weight excluding hydrogens is 188 g/mol. The summed E-state index contributed by atoms with van der Waals surface area (Å²) in [5.74, 6) is -0.536. The second kappa shape index (κ2) is 2.59. The zero-order chi connectivity index (χ0) is 10.3. The molecule has 0 bridgehead atoms. The zero-order valence-corrected chi connectivity index (χ0v) is 6.87. The first-order chi connectivity index (χ1) is 6.58. The highest BCUT2D eigenvalue weighted by Gasteiger charge is 2.07. The van der Waals surface area contributed by atoms with Crippen LogP contribution in [0.3, 0.4) is 0 Å². The van der Waals surface area contributed by atoms with Crippen LogP contribution in [0.25, 0.3) is 10.9 Å². The number of aromatic hydroxyl groups is 1. The van der Waals surface area contributed by atoms with Crippen LogP contribution >= 0.6 is 0 Å². The van der Waals surface area contributed by atoms with Crippen LogP contribution in [-0.2, 0) is 0 Å². The van der Waals surface area contributed by atoms with Gasteiger partial charge in [-0.25, -0.2) is 4.79 Å². The van der Waals surface area contributed by atoms with Crippen molar-refractivity contribution in [2.75, 3.05) is 5.73 Å². The average Bonchev–Trinajstić information content (AvgIpc) is 1.99. The van der Waals surface area contributed by atoms with Gasteiger partial charge < -0.3 is 15.8 Å². The monoisotopic (exact) mass is 194 g/mol. The van der Waals surface area contributed by atoms with Gasteiger partial charge in [0.15, 0.2) is 0 Å². The topological polar surface area (TPSA) is 125 Å². The van der Waals surface area contributed by atoms with Gasteiger partial charge in [-0.15, -0.1) is 0 Å². The number of pyridine rings is 1. The fourth-order valence-electron chi connectivity index (χ4n) is 1.21. The summed E-state index contributed by atoms with van der Waals surface area (Å²) in [5.41, 5.74) is 4.35. The van der Waals surface area contributed by atoms with Crippen LogP contribution < -0.4 is 17.0 Å². The molecule has 0 spiro atoms. The van der Waals surface area contributed by atoms with Crippen molar-refractivity contribution in [2.45, 2.75) is 0 Å². The van der Waals surface area contributed by atoms with Crippen molar-refractivity contribution in [1.29, 1.82) is 0 Å². The Hall–Kier alpha value is -2.31. The van der Waals surface area contributed by atoms with Gasteiger partial charge >= 0.3 is 5.69 Å². The Labute approximate surface area is 76.2 Å². The number of hydrogen-bond donors (Lipinski definition) is 4. The van der Waals surface area contributed by atoms with E-state index in [1.165, 1.54) is 0 Å². The van der Waals surface area contributed by atoms with Crippen molar-refractivity contribution >= 4 is 16.7 Å². The minimum Gasteiger partial charge on any atom is -0.494 e. The standard InChI is InChI=1S/C7H6N4O3/c8-5-4-2(9-7(14)11-5)1-3(12)10-6(4)13/h1H,(H2,10,12,13)(H3,8,9,11,14). The molecule has 0 atom stereocenters. The highest BCUT2D eigenvalue weighted by molar-refractivity contribution is 5.91. The first-order valence-electron chi connectivity index (χ1n) is 3.70. The van der Waals surface area contributed by atoms with Crippen molar-refractivity contribution < 1.29 is 5.11 Å². The molecule has 0 aliphatic heterocycles. The van der Waals surface area contributed by atoms with Crippen molar-refractivity contribution in [3.05, 3.63) is 26.9 Å². The van der Waals surface area contributed by atoms with Gasteiger partial charge in [-0.3, -0.25) is 9.78 Å². The molecule has 5 N–H and O–H groups in total. The van der Waals surface area contributed by atoms with Gasteiger partial charge in [-0.05, 0) is 0 Å². The quantitative estimate of drug-likeness (QED) is 0.423. The number of nitrogen functional groups attached to an aromatic ring is 1. The van der Waals surface area contributed by atoms with E-state index in [4.69, 9.17) is 5.73 Å². The van der Waals surface area contributed by atoms with Crippen molar-refractivity contribution in [3.8, 4) is 5.88 Å². The Morgan fingerprint density at radius 2 is 2.07 bits per heavy atom. The van der Waals surface area contributed by atoms with E-state index >= 15 is 0 Å². The molecule has 7 nitrogen and oxygen atoms in total. The molecule has 7 heteroatoms. The van der Waals surface area contributed by atoms with Crippen LogP contribution in [0, 0.1) is 0 Å². The van der Waals surface area contributed by atoms with Crippen molar-refractivity contribution in [1.82, 2.24) is 15.0 Å². The van der Waals surface area contributed by atoms with Gasteiger partial charge in [-0.1, -0.05) is 0 Å². The number of hydrogen-bond acceptors (Lipinski definition) is 5. The Kier molecular flexibility index (Phi) is 1.53. The summed E-state index contributed by atoms with van der Waals surface area (Å²) in [7, 11) is 0. The molecule has 2 rings (SSSR count). The normalized spacial score (nSPS) is 10.6. The maximum atomic E-state index is 10.9. The molecule has 0 aliphatic carbocycles. The minimum atomic E-state index is -0.667. The van der Waals surface area contributed by atoms with E-state index in [-0.39, 0.29) is 16.7 Å². The molecule has 0 aliphatic rings. The Morgan fingerprint density at radius 1 is 1.36 bits per heavy atom. The summed E-state index contributed by atoms with van der Waals surface area (Å²) in [6.45, 7) is 0. The molecule has 72 valence electrons. The van der Waals surface area contributed by atoms with Gasteiger partial charge in [0.05, 0.1) is 5.52 Å². The lowest BCUT2D eigenvalue weighted by atomic mass is 10.3. The predicted molar refractivity (Wildman–Crippen MR) is 49.1 cm³/mol. The third kappa shape index (κ3) is 1.11. The number of aromatic amines is 2.